The summed E-state index contributed by atoms with van der Waals surface area (Å²) in [6.07, 6.45) is 1.48. The fraction of sp³-hybridized carbons (Fsp3) is 0.200. The lowest BCUT2D eigenvalue weighted by Crippen LogP contribution is -2.10. The largest absolute Gasteiger partial charge is 0.340 e. The molecule has 0 fully saturated rings. The number of hydrogen-bond donors (Lipinski definition) is 1. The van der Waals surface area contributed by atoms with Crippen LogP contribution in [0.2, 0.25) is 0 Å². The summed E-state index contributed by atoms with van der Waals surface area (Å²) in [4.78, 5) is 8.46. The summed E-state index contributed by atoms with van der Waals surface area (Å²) in [6.45, 7) is 6.56. The molecule has 0 aliphatic heterocycles. The number of anilines is 2. The highest BCUT2D eigenvalue weighted by molar-refractivity contribution is 5.65. The van der Waals surface area contributed by atoms with Gasteiger partial charge in [0.15, 0.2) is 0 Å². The first-order valence-electron chi connectivity index (χ1n) is 7.87. The smallest absolute Gasteiger partial charge is 0.134 e. The van der Waals surface area contributed by atoms with Crippen LogP contribution in [0.15, 0.2) is 60.9 Å². The maximum atomic E-state index is 13.4. The quantitative estimate of drug-likeness (QED) is 0.709. The average Bonchev–Trinajstić information content (AvgIpc) is 2.55. The summed E-state index contributed by atoms with van der Waals surface area (Å²) in [5.74, 6) is 0.395. The molecule has 0 radical (unpaired) electrons. The molecule has 3 nitrogen and oxygen atoms in total. The maximum Gasteiger partial charge on any atom is 0.134 e. The third-order valence-electron chi connectivity index (χ3n) is 3.81. The lowest BCUT2D eigenvalue weighted by Gasteiger charge is -2.19. The van der Waals surface area contributed by atoms with E-state index in [-0.39, 0.29) is 11.2 Å². The van der Waals surface area contributed by atoms with E-state index in [1.54, 1.807) is 6.07 Å². The summed E-state index contributed by atoms with van der Waals surface area (Å²) in [5, 5.41) is 3.26. The van der Waals surface area contributed by atoms with Crippen molar-refractivity contribution >= 4 is 11.5 Å². The lowest BCUT2D eigenvalue weighted by atomic mass is 9.87. The van der Waals surface area contributed by atoms with Gasteiger partial charge >= 0.3 is 0 Å². The molecule has 0 unspecified atom stereocenters. The van der Waals surface area contributed by atoms with Gasteiger partial charge in [-0.2, -0.15) is 0 Å². The number of rotatable bonds is 3. The van der Waals surface area contributed by atoms with Gasteiger partial charge in [0.25, 0.3) is 0 Å². The molecule has 1 heterocycles. The number of aromatic nitrogens is 2. The Hall–Kier alpha value is -2.75. The van der Waals surface area contributed by atoms with Crippen molar-refractivity contribution in [2.24, 2.45) is 0 Å². The molecule has 0 aliphatic rings. The normalized spacial score (nSPS) is 11.3. The van der Waals surface area contributed by atoms with Crippen molar-refractivity contribution in [1.82, 2.24) is 9.97 Å². The predicted octanol–water partition coefficient (Wildman–Crippen LogP) is 5.32. The molecule has 24 heavy (non-hydrogen) atoms. The van der Waals surface area contributed by atoms with Crippen LogP contribution in [-0.4, -0.2) is 9.97 Å². The number of nitrogens with zero attached hydrogens (tertiary/aromatic N) is 2. The van der Waals surface area contributed by atoms with E-state index in [1.807, 2.05) is 24.3 Å². The Bertz CT molecular complexity index is 836. The summed E-state index contributed by atoms with van der Waals surface area (Å²) in [7, 11) is 0. The van der Waals surface area contributed by atoms with Crippen molar-refractivity contribution < 1.29 is 4.39 Å². The van der Waals surface area contributed by atoms with E-state index in [9.17, 15) is 4.39 Å². The van der Waals surface area contributed by atoms with Crippen LogP contribution in [-0.2, 0) is 5.41 Å². The molecule has 0 aliphatic carbocycles. The van der Waals surface area contributed by atoms with E-state index in [2.05, 4.69) is 48.2 Å². The monoisotopic (exact) mass is 321 g/mol. The Balaban J connectivity index is 1.82. The zero-order chi connectivity index (χ0) is 17.2. The Morgan fingerprint density at radius 2 is 1.67 bits per heavy atom. The van der Waals surface area contributed by atoms with Crippen LogP contribution in [0.25, 0.3) is 11.3 Å². The molecule has 0 saturated heterocycles. The molecular formula is C20H20FN3. The number of hydrogen-bond acceptors (Lipinski definition) is 3. The Labute approximate surface area is 141 Å². The second-order valence-electron chi connectivity index (χ2n) is 6.75. The van der Waals surface area contributed by atoms with E-state index in [0.717, 1.165) is 11.3 Å². The van der Waals surface area contributed by atoms with Gasteiger partial charge in [0.05, 0.1) is 5.69 Å². The van der Waals surface area contributed by atoms with Crippen molar-refractivity contribution in [1.29, 1.82) is 0 Å². The molecule has 3 aromatic rings. The van der Waals surface area contributed by atoms with Crippen molar-refractivity contribution in [3.8, 4) is 11.3 Å². The molecule has 3 rings (SSSR count). The fourth-order valence-corrected chi connectivity index (χ4v) is 2.43. The van der Waals surface area contributed by atoms with Crippen molar-refractivity contribution in [3.05, 3.63) is 72.3 Å². The fourth-order valence-electron chi connectivity index (χ4n) is 2.43. The summed E-state index contributed by atoms with van der Waals surface area (Å²) < 4.78 is 13.4. The SMILES string of the molecule is CC(C)(C)c1ccc(Nc2cc(-c3cccc(F)c3)ncn2)cc1. The van der Waals surface area contributed by atoms with Gasteiger partial charge in [-0.3, -0.25) is 0 Å². The van der Waals surface area contributed by atoms with Gasteiger partial charge in [0.1, 0.15) is 18.0 Å². The molecule has 122 valence electrons. The van der Waals surface area contributed by atoms with Gasteiger partial charge in [-0.25, -0.2) is 14.4 Å². The first-order chi connectivity index (χ1) is 11.4. The third-order valence-corrected chi connectivity index (χ3v) is 3.81. The van der Waals surface area contributed by atoms with Crippen LogP contribution < -0.4 is 5.32 Å². The van der Waals surface area contributed by atoms with E-state index in [4.69, 9.17) is 0 Å². The van der Waals surface area contributed by atoms with Crippen LogP contribution in [0.4, 0.5) is 15.9 Å². The summed E-state index contributed by atoms with van der Waals surface area (Å²) >= 11 is 0. The number of nitrogens with one attached hydrogen (secondary N) is 1. The minimum atomic E-state index is -0.279. The molecular weight excluding hydrogens is 301 g/mol. The zero-order valence-electron chi connectivity index (χ0n) is 14.0. The first kappa shape index (κ1) is 16.1. The first-order valence-corrected chi connectivity index (χ1v) is 7.87. The molecule has 1 aromatic heterocycles. The summed E-state index contributed by atoms with van der Waals surface area (Å²) in [6, 6.07) is 16.5. The highest BCUT2D eigenvalue weighted by Crippen LogP contribution is 2.25. The van der Waals surface area contributed by atoms with Crippen molar-refractivity contribution in [3.63, 3.8) is 0 Å². The van der Waals surface area contributed by atoms with Gasteiger partial charge in [0, 0.05) is 17.3 Å². The predicted molar refractivity (Wildman–Crippen MR) is 95.9 cm³/mol. The highest BCUT2D eigenvalue weighted by atomic mass is 19.1. The van der Waals surface area contributed by atoms with Gasteiger partial charge in [-0.15, -0.1) is 0 Å². The van der Waals surface area contributed by atoms with Crippen LogP contribution in [0, 0.1) is 5.82 Å². The second kappa shape index (κ2) is 6.40. The molecule has 0 saturated carbocycles. The number of halogens is 1. The van der Waals surface area contributed by atoms with Gasteiger partial charge in [-0.1, -0.05) is 45.0 Å². The van der Waals surface area contributed by atoms with E-state index >= 15 is 0 Å². The van der Waals surface area contributed by atoms with Gasteiger partial charge in [-0.05, 0) is 35.2 Å². The minimum absolute atomic E-state index is 0.123. The van der Waals surface area contributed by atoms with Crippen LogP contribution >= 0.6 is 0 Å². The van der Waals surface area contributed by atoms with E-state index in [0.29, 0.717) is 11.5 Å². The van der Waals surface area contributed by atoms with Crippen molar-refractivity contribution in [2.45, 2.75) is 26.2 Å². The van der Waals surface area contributed by atoms with Crippen LogP contribution in [0.5, 0.6) is 0 Å². The van der Waals surface area contributed by atoms with Crippen LogP contribution in [0.1, 0.15) is 26.3 Å². The minimum Gasteiger partial charge on any atom is -0.340 e. The maximum absolute atomic E-state index is 13.4. The number of benzene rings is 2. The van der Waals surface area contributed by atoms with Crippen molar-refractivity contribution in [2.75, 3.05) is 5.32 Å². The molecule has 2 aromatic carbocycles. The lowest BCUT2D eigenvalue weighted by molar-refractivity contribution is 0.590. The topological polar surface area (TPSA) is 37.8 Å². The van der Waals surface area contributed by atoms with Crippen LogP contribution in [0.3, 0.4) is 0 Å². The zero-order valence-corrected chi connectivity index (χ0v) is 14.0. The highest BCUT2D eigenvalue weighted by Gasteiger charge is 2.13. The Morgan fingerprint density at radius 1 is 0.917 bits per heavy atom. The Morgan fingerprint density at radius 3 is 2.33 bits per heavy atom. The molecule has 4 heteroatoms. The van der Waals surface area contributed by atoms with Gasteiger partial charge in [0.2, 0.25) is 0 Å². The average molecular weight is 321 g/mol. The molecule has 0 spiro atoms. The molecule has 1 N–H and O–H groups in total. The molecule has 0 amide bonds. The van der Waals surface area contributed by atoms with E-state index in [1.165, 1.54) is 24.0 Å². The standard InChI is InChI=1S/C20H20FN3/c1-20(2,3)15-7-9-17(10-8-15)24-19-12-18(22-13-23-19)14-5-4-6-16(21)11-14/h4-13H,1-3H3,(H,22,23,24). The molecule has 0 bridgehead atoms. The van der Waals surface area contributed by atoms with E-state index < -0.39 is 0 Å². The van der Waals surface area contributed by atoms with Gasteiger partial charge < -0.3 is 5.32 Å². The second-order valence-corrected chi connectivity index (χ2v) is 6.75. The Kier molecular flexibility index (Phi) is 4.30. The third kappa shape index (κ3) is 3.77. The molecule has 0 atom stereocenters. The summed E-state index contributed by atoms with van der Waals surface area (Å²) in [5.41, 5.74) is 3.75.